The van der Waals surface area contributed by atoms with Crippen LogP contribution in [0.15, 0.2) is 48.5 Å². The van der Waals surface area contributed by atoms with Crippen molar-refractivity contribution < 1.29 is 23.9 Å². The fourth-order valence-electron chi connectivity index (χ4n) is 4.18. The van der Waals surface area contributed by atoms with Gasteiger partial charge in [-0.25, -0.2) is 9.78 Å². The SMILES string of the molecule is COC(=O)c1sc(NC(=O)CN2C(=O)c3ccccc3N3C(=O)c4ccccc4[C@@H]23)nc1C. The molecule has 10 heteroatoms. The quantitative estimate of drug-likeness (QED) is 0.597. The highest BCUT2D eigenvalue weighted by Gasteiger charge is 2.48. The Bertz CT molecular complexity index is 1330. The average Bonchev–Trinajstić information content (AvgIpc) is 3.33. The maximum Gasteiger partial charge on any atom is 0.350 e. The van der Waals surface area contributed by atoms with Gasteiger partial charge < -0.3 is 15.0 Å². The van der Waals surface area contributed by atoms with Gasteiger partial charge in [0.15, 0.2) is 5.13 Å². The number of rotatable bonds is 4. The van der Waals surface area contributed by atoms with Gasteiger partial charge in [0.1, 0.15) is 17.6 Å². The lowest BCUT2D eigenvalue weighted by atomic mass is 10.0. The van der Waals surface area contributed by atoms with Crippen molar-refractivity contribution in [1.29, 1.82) is 0 Å². The number of anilines is 2. The molecule has 9 nitrogen and oxygen atoms in total. The summed E-state index contributed by atoms with van der Waals surface area (Å²) in [5.74, 6) is -1.61. The summed E-state index contributed by atoms with van der Waals surface area (Å²) < 4.78 is 4.72. The molecule has 1 atom stereocenters. The Morgan fingerprint density at radius 2 is 1.76 bits per heavy atom. The van der Waals surface area contributed by atoms with E-state index in [9.17, 15) is 19.2 Å². The fraction of sp³-hybridized carbons (Fsp3) is 0.174. The first-order chi connectivity index (χ1) is 15.9. The largest absolute Gasteiger partial charge is 0.465 e. The number of esters is 1. The van der Waals surface area contributed by atoms with Gasteiger partial charge in [-0.15, -0.1) is 0 Å². The summed E-state index contributed by atoms with van der Waals surface area (Å²) in [5, 5.41) is 2.88. The Hall–Kier alpha value is -4.05. The number of methoxy groups -OCH3 is 1. The fourth-order valence-corrected chi connectivity index (χ4v) is 5.08. The highest BCUT2D eigenvalue weighted by molar-refractivity contribution is 7.17. The molecule has 0 aliphatic carbocycles. The minimum absolute atomic E-state index is 0.223. The number of thiazole rings is 1. The number of carbonyl (C=O) groups excluding carboxylic acids is 4. The first kappa shape index (κ1) is 20.8. The van der Waals surface area contributed by atoms with Gasteiger partial charge in [0, 0.05) is 11.1 Å². The third-order valence-electron chi connectivity index (χ3n) is 5.61. The number of hydrogen-bond donors (Lipinski definition) is 1. The van der Waals surface area contributed by atoms with E-state index < -0.39 is 18.0 Å². The first-order valence-corrected chi connectivity index (χ1v) is 10.9. The van der Waals surface area contributed by atoms with Gasteiger partial charge >= 0.3 is 5.97 Å². The number of nitrogens with one attached hydrogen (secondary N) is 1. The molecule has 5 rings (SSSR count). The second-order valence-electron chi connectivity index (χ2n) is 7.56. The van der Waals surface area contributed by atoms with Crippen molar-refractivity contribution in [3.05, 3.63) is 75.8 Å². The van der Waals surface area contributed by atoms with E-state index in [1.807, 2.05) is 0 Å². The molecule has 0 radical (unpaired) electrons. The van der Waals surface area contributed by atoms with Crippen molar-refractivity contribution >= 4 is 45.8 Å². The van der Waals surface area contributed by atoms with Gasteiger partial charge in [-0.3, -0.25) is 19.3 Å². The number of ether oxygens (including phenoxy) is 1. The zero-order valence-corrected chi connectivity index (χ0v) is 18.5. The molecule has 0 saturated heterocycles. The van der Waals surface area contributed by atoms with Crippen molar-refractivity contribution in [3.8, 4) is 0 Å². The number of nitrogens with zero attached hydrogens (tertiary/aromatic N) is 3. The van der Waals surface area contributed by atoms with E-state index in [1.165, 1.54) is 12.0 Å². The van der Waals surface area contributed by atoms with Crippen LogP contribution in [0.25, 0.3) is 0 Å². The Labute approximate surface area is 192 Å². The van der Waals surface area contributed by atoms with Crippen LogP contribution in [-0.2, 0) is 9.53 Å². The van der Waals surface area contributed by atoms with E-state index in [0.29, 0.717) is 28.1 Å². The summed E-state index contributed by atoms with van der Waals surface area (Å²) in [7, 11) is 1.27. The van der Waals surface area contributed by atoms with E-state index in [4.69, 9.17) is 4.74 Å². The van der Waals surface area contributed by atoms with Crippen molar-refractivity contribution in [1.82, 2.24) is 9.88 Å². The number of hydrogen-bond acceptors (Lipinski definition) is 7. The average molecular weight is 462 g/mol. The molecule has 2 aromatic carbocycles. The lowest BCUT2D eigenvalue weighted by Gasteiger charge is -2.40. The van der Waals surface area contributed by atoms with Crippen LogP contribution in [0.2, 0.25) is 0 Å². The third kappa shape index (κ3) is 3.26. The minimum atomic E-state index is -0.731. The van der Waals surface area contributed by atoms with E-state index in [1.54, 1.807) is 60.4 Å². The number of para-hydroxylation sites is 1. The topological polar surface area (TPSA) is 109 Å². The third-order valence-corrected chi connectivity index (χ3v) is 6.66. The predicted molar refractivity (Wildman–Crippen MR) is 120 cm³/mol. The van der Waals surface area contributed by atoms with E-state index in [-0.39, 0.29) is 28.4 Å². The van der Waals surface area contributed by atoms with Crippen molar-refractivity contribution in [2.24, 2.45) is 0 Å². The number of fused-ring (bicyclic) bond motifs is 5. The molecule has 166 valence electrons. The molecule has 0 fully saturated rings. The zero-order chi connectivity index (χ0) is 23.3. The molecule has 33 heavy (non-hydrogen) atoms. The first-order valence-electron chi connectivity index (χ1n) is 10.1. The van der Waals surface area contributed by atoms with Crippen molar-refractivity contribution in [2.75, 3.05) is 23.9 Å². The van der Waals surface area contributed by atoms with Crippen molar-refractivity contribution in [3.63, 3.8) is 0 Å². The van der Waals surface area contributed by atoms with Crippen LogP contribution in [-0.4, -0.2) is 47.2 Å². The minimum Gasteiger partial charge on any atom is -0.465 e. The Balaban J connectivity index is 1.48. The number of amides is 3. The lowest BCUT2D eigenvalue weighted by molar-refractivity contribution is -0.117. The second kappa shape index (κ2) is 7.82. The molecule has 2 aliphatic heterocycles. The van der Waals surface area contributed by atoms with Gasteiger partial charge in [-0.1, -0.05) is 41.7 Å². The van der Waals surface area contributed by atoms with Gasteiger partial charge in [0.25, 0.3) is 11.8 Å². The highest BCUT2D eigenvalue weighted by Crippen LogP contribution is 2.45. The summed E-state index contributed by atoms with van der Waals surface area (Å²) in [6.45, 7) is 1.34. The molecular formula is C23H18N4O5S. The molecule has 0 bridgehead atoms. The normalized spacial score (nSPS) is 16.2. The van der Waals surface area contributed by atoms with Crippen LogP contribution in [0, 0.1) is 6.92 Å². The molecule has 0 saturated carbocycles. The summed E-state index contributed by atoms with van der Waals surface area (Å²) in [4.78, 5) is 58.7. The summed E-state index contributed by atoms with van der Waals surface area (Å²) in [5.41, 5.74) is 2.46. The Morgan fingerprint density at radius 1 is 1.06 bits per heavy atom. The Morgan fingerprint density at radius 3 is 2.52 bits per heavy atom. The molecule has 0 spiro atoms. The van der Waals surface area contributed by atoms with Gasteiger partial charge in [-0.2, -0.15) is 0 Å². The second-order valence-corrected chi connectivity index (χ2v) is 8.56. The van der Waals surface area contributed by atoms with Crippen LogP contribution in [0.4, 0.5) is 10.8 Å². The summed E-state index contributed by atoms with van der Waals surface area (Å²) in [6, 6.07) is 13.9. The number of aromatic nitrogens is 1. The molecule has 0 unspecified atom stereocenters. The highest BCUT2D eigenvalue weighted by atomic mass is 32.1. The van der Waals surface area contributed by atoms with E-state index >= 15 is 0 Å². The van der Waals surface area contributed by atoms with Crippen molar-refractivity contribution in [2.45, 2.75) is 13.1 Å². The zero-order valence-electron chi connectivity index (χ0n) is 17.7. The molecule has 3 amide bonds. The molecule has 1 aromatic heterocycles. The summed E-state index contributed by atoms with van der Waals surface area (Å²) in [6.07, 6.45) is -0.731. The van der Waals surface area contributed by atoms with Gasteiger partial charge in [-0.05, 0) is 25.1 Å². The van der Waals surface area contributed by atoms with Crippen LogP contribution in [0.3, 0.4) is 0 Å². The molecule has 1 N–H and O–H groups in total. The summed E-state index contributed by atoms with van der Waals surface area (Å²) >= 11 is 0.995. The number of aryl methyl sites for hydroxylation is 1. The monoisotopic (exact) mass is 462 g/mol. The maximum absolute atomic E-state index is 13.4. The smallest absolute Gasteiger partial charge is 0.350 e. The van der Waals surface area contributed by atoms with Crippen LogP contribution < -0.4 is 10.2 Å². The molecule has 2 aliphatic rings. The Kier molecular flexibility index (Phi) is 4.94. The van der Waals surface area contributed by atoms with Gasteiger partial charge in [0.2, 0.25) is 5.91 Å². The standard InChI is InChI=1S/C23H18N4O5S/c1-12-18(22(31)32-2)33-23(24-12)25-17(28)11-26-19-13-7-3-4-8-14(13)21(30)27(19)16-10-6-5-9-15(16)20(26)29/h3-10,19H,11H2,1-2H3,(H,24,25,28)/t19-/m0/s1. The lowest BCUT2D eigenvalue weighted by Crippen LogP contribution is -2.50. The van der Waals surface area contributed by atoms with Gasteiger partial charge in [0.05, 0.1) is 24.1 Å². The van der Waals surface area contributed by atoms with Crippen LogP contribution in [0.5, 0.6) is 0 Å². The molecule has 3 aromatic rings. The number of benzene rings is 2. The van der Waals surface area contributed by atoms with E-state index in [2.05, 4.69) is 10.3 Å². The van der Waals surface area contributed by atoms with Crippen LogP contribution >= 0.6 is 11.3 Å². The molecule has 3 heterocycles. The predicted octanol–water partition coefficient (Wildman–Crippen LogP) is 2.99. The van der Waals surface area contributed by atoms with E-state index in [0.717, 1.165) is 11.3 Å². The van der Waals surface area contributed by atoms with Crippen LogP contribution in [0.1, 0.15) is 47.8 Å². The molecular weight excluding hydrogens is 444 g/mol. The maximum atomic E-state index is 13.4. The number of carbonyl (C=O) groups is 4.